The van der Waals surface area contributed by atoms with Crippen molar-refractivity contribution in [2.45, 2.75) is 32.1 Å². The second-order valence-electron chi connectivity index (χ2n) is 5.17. The van der Waals surface area contributed by atoms with Crippen LogP contribution in [0.3, 0.4) is 0 Å². The van der Waals surface area contributed by atoms with Crippen molar-refractivity contribution >= 4 is 48.3 Å². The minimum Gasteiger partial charge on any atom is -0.560 e. The predicted octanol–water partition coefficient (Wildman–Crippen LogP) is 2.06. The molecule has 0 aromatic heterocycles. The highest BCUT2D eigenvalue weighted by Crippen LogP contribution is 2.39. The van der Waals surface area contributed by atoms with Crippen molar-refractivity contribution in [2.75, 3.05) is 0 Å². The quantitative estimate of drug-likeness (QED) is 0.787. The summed E-state index contributed by atoms with van der Waals surface area (Å²) in [5.41, 5.74) is 0.336. The van der Waals surface area contributed by atoms with Crippen LogP contribution in [-0.4, -0.2) is 36.2 Å². The van der Waals surface area contributed by atoms with Crippen LogP contribution in [0.4, 0.5) is 0 Å². The molecule has 0 spiro atoms. The van der Waals surface area contributed by atoms with Crippen LogP contribution in [0.2, 0.25) is 10.0 Å². The fourth-order valence-corrected chi connectivity index (χ4v) is 2.65. The number of hydrogen-bond acceptors (Lipinski definition) is 4. The molecule has 1 atom stereocenters. The van der Waals surface area contributed by atoms with Gasteiger partial charge in [-0.2, -0.15) is 0 Å². The van der Waals surface area contributed by atoms with Crippen LogP contribution in [0.1, 0.15) is 35.7 Å². The number of carboxylic acids is 1. The van der Waals surface area contributed by atoms with Gasteiger partial charge in [-0.1, -0.05) is 23.2 Å². The normalized spacial score (nSPS) is 15.9. The van der Waals surface area contributed by atoms with Gasteiger partial charge in [0.15, 0.2) is 0 Å². The van der Waals surface area contributed by atoms with E-state index < -0.39 is 11.9 Å². The molecule has 1 aliphatic rings. The summed E-state index contributed by atoms with van der Waals surface area (Å²) in [4.78, 5) is 33.9. The highest BCUT2D eigenvalue weighted by Gasteiger charge is 2.30. The van der Waals surface area contributed by atoms with Crippen LogP contribution in [-0.2, 0) is 16.0 Å². The maximum absolute atomic E-state index is 11.8. The third-order valence-corrected chi connectivity index (χ3v) is 4.15. The number of carbonyl (C=O) groups excluding carboxylic acids is 2. The van der Waals surface area contributed by atoms with Gasteiger partial charge in [-0.15, -0.1) is 0 Å². The maximum atomic E-state index is 11.8. The van der Waals surface area contributed by atoms with E-state index in [1.165, 1.54) is 20.5 Å². The zero-order valence-corrected chi connectivity index (χ0v) is 13.7. The van der Waals surface area contributed by atoms with Gasteiger partial charge in [0.2, 0.25) is 5.91 Å². The lowest BCUT2D eigenvalue weighted by molar-refractivity contribution is -0.124. The van der Waals surface area contributed by atoms with E-state index in [2.05, 4.69) is 5.32 Å². The number of halogens is 2. The Morgan fingerprint density at radius 1 is 1.39 bits per heavy atom. The minimum atomic E-state index is -1.18. The van der Waals surface area contributed by atoms with Crippen molar-refractivity contribution in [3.8, 4) is 5.75 Å². The zero-order valence-electron chi connectivity index (χ0n) is 12.2. The molecule has 6 nitrogen and oxygen atoms in total. The second-order valence-corrected chi connectivity index (χ2v) is 5.95. The highest BCUT2D eigenvalue weighted by atomic mass is 35.5. The zero-order chi connectivity index (χ0) is 17.1. The Morgan fingerprint density at radius 2 is 2.09 bits per heavy atom. The van der Waals surface area contributed by atoms with E-state index in [9.17, 15) is 19.5 Å². The molecule has 2 N–H and O–H groups in total. The molecule has 9 heteroatoms. The van der Waals surface area contributed by atoms with Crippen LogP contribution in [0, 0.1) is 0 Å². The summed E-state index contributed by atoms with van der Waals surface area (Å²) >= 11 is 12.1. The Hall–Kier alpha value is -1.73. The molecule has 2 rings (SSSR count). The van der Waals surface area contributed by atoms with Gasteiger partial charge in [0, 0.05) is 24.3 Å². The standard InChI is InChI=1S/C14H13BCl2NO5/c1-6(19)2-3-11(20)18-10-5-7-12(17)9(16)4-8(14(21)22)13(7)23-15-10/h4,10H,2-3,5H2,1H3,(H,18,20)(H,21,22). The molecule has 0 saturated heterocycles. The van der Waals surface area contributed by atoms with E-state index in [-0.39, 0.29) is 52.3 Å². The van der Waals surface area contributed by atoms with Crippen LogP contribution >= 0.6 is 23.2 Å². The maximum Gasteiger partial charge on any atom is 0.394 e. The number of ketones is 1. The van der Waals surface area contributed by atoms with Crippen molar-refractivity contribution in [3.05, 3.63) is 27.2 Å². The number of Topliss-reactive ketones (excluding diaryl/α,β-unsaturated/α-hetero) is 1. The van der Waals surface area contributed by atoms with Gasteiger partial charge in [-0.05, 0) is 19.4 Å². The first-order valence-electron chi connectivity index (χ1n) is 6.82. The Morgan fingerprint density at radius 3 is 2.70 bits per heavy atom. The van der Waals surface area contributed by atoms with E-state index in [0.717, 1.165) is 0 Å². The van der Waals surface area contributed by atoms with Gasteiger partial charge >= 0.3 is 13.5 Å². The number of benzene rings is 1. The third-order valence-electron chi connectivity index (χ3n) is 3.32. The monoisotopic (exact) mass is 356 g/mol. The fraction of sp³-hybridized carbons (Fsp3) is 0.357. The lowest BCUT2D eigenvalue weighted by atomic mass is 9.79. The van der Waals surface area contributed by atoms with Crippen molar-refractivity contribution in [2.24, 2.45) is 0 Å². The molecule has 0 aliphatic carbocycles. The van der Waals surface area contributed by atoms with E-state index in [1.807, 2.05) is 0 Å². The molecule has 1 heterocycles. The van der Waals surface area contributed by atoms with Crippen molar-refractivity contribution in [1.82, 2.24) is 5.32 Å². The summed E-state index contributed by atoms with van der Waals surface area (Å²) < 4.78 is 5.36. The molecular weight excluding hydrogens is 344 g/mol. The molecule has 121 valence electrons. The summed E-state index contributed by atoms with van der Waals surface area (Å²) in [5, 5.41) is 12.2. The third kappa shape index (κ3) is 4.17. The Balaban J connectivity index is 2.16. The molecule has 1 aliphatic heterocycles. The SMILES string of the molecule is CC(=O)CCC(=O)NC1[B]Oc2c(C(=O)O)cc(Cl)c(Cl)c2C1. The second kappa shape index (κ2) is 7.23. The first kappa shape index (κ1) is 17.6. The predicted molar refractivity (Wildman–Crippen MR) is 85.4 cm³/mol. The molecule has 1 radical (unpaired) electrons. The van der Waals surface area contributed by atoms with Crippen LogP contribution < -0.4 is 9.97 Å². The molecule has 0 fully saturated rings. The molecule has 1 aromatic rings. The number of amides is 1. The molecule has 0 saturated carbocycles. The first-order chi connectivity index (χ1) is 10.8. The summed E-state index contributed by atoms with van der Waals surface area (Å²) in [6.45, 7) is 1.41. The van der Waals surface area contributed by atoms with Crippen LogP contribution in [0.15, 0.2) is 6.07 Å². The van der Waals surface area contributed by atoms with E-state index in [1.54, 1.807) is 0 Å². The van der Waals surface area contributed by atoms with Gasteiger partial charge in [-0.3, -0.25) is 4.79 Å². The van der Waals surface area contributed by atoms with Gasteiger partial charge in [0.25, 0.3) is 0 Å². The van der Waals surface area contributed by atoms with Crippen molar-refractivity contribution < 1.29 is 24.1 Å². The minimum absolute atomic E-state index is 0.0738. The summed E-state index contributed by atoms with van der Waals surface area (Å²) in [6.07, 6.45) is 0.489. The number of carbonyl (C=O) groups is 3. The number of fused-ring (bicyclic) bond motifs is 1. The topological polar surface area (TPSA) is 92.7 Å². The number of hydrogen-bond donors (Lipinski definition) is 2. The number of nitrogens with one attached hydrogen (secondary N) is 1. The number of aromatic carboxylic acids is 1. The Bertz CT molecular complexity index is 680. The van der Waals surface area contributed by atoms with Crippen LogP contribution in [0.5, 0.6) is 5.75 Å². The highest BCUT2D eigenvalue weighted by molar-refractivity contribution is 6.43. The van der Waals surface area contributed by atoms with Gasteiger partial charge in [0.05, 0.1) is 10.0 Å². The largest absolute Gasteiger partial charge is 0.560 e. The van der Waals surface area contributed by atoms with Gasteiger partial charge in [0.1, 0.15) is 17.1 Å². The number of rotatable bonds is 5. The summed E-state index contributed by atoms with van der Waals surface area (Å²) in [5.74, 6) is -1.92. The van der Waals surface area contributed by atoms with Crippen molar-refractivity contribution in [3.63, 3.8) is 0 Å². The molecule has 23 heavy (non-hydrogen) atoms. The average molecular weight is 357 g/mol. The first-order valence-corrected chi connectivity index (χ1v) is 7.58. The Kier molecular flexibility index (Phi) is 5.54. The number of carboxylic acid groups (broad SMARTS) is 1. The van der Waals surface area contributed by atoms with Gasteiger partial charge < -0.3 is 19.9 Å². The van der Waals surface area contributed by atoms with Crippen LogP contribution in [0.25, 0.3) is 0 Å². The average Bonchev–Trinajstić information content (AvgIpc) is 2.48. The van der Waals surface area contributed by atoms with E-state index >= 15 is 0 Å². The Labute approximate surface area is 143 Å². The molecule has 1 unspecified atom stereocenters. The molecule has 1 amide bonds. The molecule has 1 aromatic carbocycles. The lowest BCUT2D eigenvalue weighted by Crippen LogP contribution is -2.45. The molecular formula is C14H13BCl2NO5. The van der Waals surface area contributed by atoms with E-state index in [0.29, 0.717) is 5.56 Å². The van der Waals surface area contributed by atoms with Gasteiger partial charge in [-0.25, -0.2) is 4.79 Å². The lowest BCUT2D eigenvalue weighted by Gasteiger charge is -2.27. The fourth-order valence-electron chi connectivity index (χ4n) is 2.21. The smallest absolute Gasteiger partial charge is 0.394 e. The summed E-state index contributed by atoms with van der Waals surface area (Å²) in [6, 6.07) is 1.23. The van der Waals surface area contributed by atoms with Crippen molar-refractivity contribution in [1.29, 1.82) is 0 Å². The van der Waals surface area contributed by atoms with E-state index in [4.69, 9.17) is 27.9 Å². The summed E-state index contributed by atoms with van der Waals surface area (Å²) in [7, 11) is 1.34. The molecule has 0 bridgehead atoms.